The second-order valence-corrected chi connectivity index (χ2v) is 9.68. The molecule has 3 aromatic rings. The number of anilines is 2. The number of rotatable bonds is 9. The Hall–Kier alpha value is -3.82. The lowest BCUT2D eigenvalue weighted by atomic mass is 10.1. The van der Waals surface area contributed by atoms with Crippen molar-refractivity contribution in [3.63, 3.8) is 0 Å². The zero-order valence-electron chi connectivity index (χ0n) is 20.6. The zero-order chi connectivity index (χ0) is 26.4. The third kappa shape index (κ3) is 6.31. The second-order valence-electron chi connectivity index (χ2n) is 8.01. The van der Waals surface area contributed by atoms with Gasteiger partial charge in [0, 0.05) is 5.69 Å². The van der Waals surface area contributed by atoms with Gasteiger partial charge in [-0.3, -0.25) is 14.5 Å². The molecule has 0 saturated carbocycles. The lowest BCUT2D eigenvalue weighted by Gasteiger charge is -2.16. The molecule has 1 N–H and O–H groups in total. The van der Waals surface area contributed by atoms with Crippen LogP contribution in [-0.4, -0.2) is 36.5 Å². The number of aryl methyl sites for hydroxylation is 1. The van der Waals surface area contributed by atoms with Gasteiger partial charge in [0.15, 0.2) is 22.4 Å². The van der Waals surface area contributed by atoms with Gasteiger partial charge >= 0.3 is 0 Å². The molecule has 1 aliphatic heterocycles. The molecule has 0 bridgehead atoms. The Kier molecular flexibility index (Phi) is 8.47. The number of nitrogens with zero attached hydrogens (tertiary/aromatic N) is 1. The van der Waals surface area contributed by atoms with Gasteiger partial charge in [-0.2, -0.15) is 0 Å². The summed E-state index contributed by atoms with van der Waals surface area (Å²) in [6.07, 6.45) is 1.78. The number of thiocarbonyl (C=S) groups is 1. The highest BCUT2D eigenvalue weighted by molar-refractivity contribution is 8.27. The van der Waals surface area contributed by atoms with Gasteiger partial charge in [0.2, 0.25) is 0 Å². The number of carbonyl (C=O) groups is 2. The van der Waals surface area contributed by atoms with Crippen molar-refractivity contribution in [1.82, 2.24) is 0 Å². The number of hydrogen-bond donors (Lipinski definition) is 1. The van der Waals surface area contributed by atoms with E-state index in [-0.39, 0.29) is 18.4 Å². The molecule has 0 radical (unpaired) electrons. The van der Waals surface area contributed by atoms with E-state index >= 15 is 0 Å². The molecule has 0 unspecified atom stereocenters. The van der Waals surface area contributed by atoms with Crippen LogP contribution in [0.4, 0.5) is 11.4 Å². The topological polar surface area (TPSA) is 77.1 Å². The summed E-state index contributed by atoms with van der Waals surface area (Å²) >= 11 is 6.75. The minimum Gasteiger partial charge on any atom is -0.497 e. The number of benzene rings is 3. The summed E-state index contributed by atoms with van der Waals surface area (Å²) in [5.74, 6) is 1.13. The standard InChI is InChI=1S/C28H26N2O5S2/c1-4-34-24-15-19(16-25-27(32)30(28(36)37-25)22-8-6-5-7-18(22)2)9-14-23(24)35-17-26(31)29-20-10-12-21(33-3)13-11-20/h5-16H,4,17H2,1-3H3,(H,29,31)/b25-16-. The first kappa shape index (κ1) is 26.2. The van der Waals surface area contributed by atoms with E-state index in [9.17, 15) is 9.59 Å². The number of nitrogens with one attached hydrogen (secondary N) is 1. The maximum Gasteiger partial charge on any atom is 0.270 e. The fourth-order valence-electron chi connectivity index (χ4n) is 3.66. The Morgan fingerprint density at radius 1 is 1.05 bits per heavy atom. The quantitative estimate of drug-likeness (QED) is 0.274. The maximum atomic E-state index is 13.2. The highest BCUT2D eigenvalue weighted by Crippen LogP contribution is 2.38. The van der Waals surface area contributed by atoms with Crippen molar-refractivity contribution in [2.45, 2.75) is 13.8 Å². The molecule has 0 atom stereocenters. The molecule has 0 aliphatic carbocycles. The molecule has 0 aromatic heterocycles. The largest absolute Gasteiger partial charge is 0.497 e. The van der Waals surface area contributed by atoms with E-state index in [0.717, 1.165) is 16.8 Å². The average molecular weight is 535 g/mol. The molecule has 0 spiro atoms. The minimum atomic E-state index is -0.309. The van der Waals surface area contributed by atoms with Crippen molar-refractivity contribution in [3.05, 3.63) is 82.8 Å². The molecular formula is C28H26N2O5S2. The van der Waals surface area contributed by atoms with Gasteiger partial charge in [0.05, 0.1) is 24.3 Å². The van der Waals surface area contributed by atoms with Gasteiger partial charge in [0.25, 0.3) is 11.8 Å². The number of thioether (sulfide) groups is 1. The van der Waals surface area contributed by atoms with Crippen molar-refractivity contribution in [2.75, 3.05) is 30.5 Å². The third-order valence-electron chi connectivity index (χ3n) is 5.45. The molecule has 7 nitrogen and oxygen atoms in total. The molecule has 37 heavy (non-hydrogen) atoms. The highest BCUT2D eigenvalue weighted by Gasteiger charge is 2.34. The monoisotopic (exact) mass is 534 g/mol. The Bertz CT molecular complexity index is 1350. The van der Waals surface area contributed by atoms with E-state index in [1.54, 1.807) is 60.6 Å². The molecule has 1 aliphatic rings. The van der Waals surface area contributed by atoms with Crippen LogP contribution in [0.3, 0.4) is 0 Å². The summed E-state index contributed by atoms with van der Waals surface area (Å²) < 4.78 is 17.1. The van der Waals surface area contributed by atoms with Gasteiger partial charge in [0.1, 0.15) is 5.75 Å². The summed E-state index contributed by atoms with van der Waals surface area (Å²) in [5, 5.41) is 2.78. The Morgan fingerprint density at radius 2 is 1.81 bits per heavy atom. The summed E-state index contributed by atoms with van der Waals surface area (Å²) in [5.41, 5.74) is 3.14. The number of amides is 2. The average Bonchev–Trinajstić information content (AvgIpc) is 3.16. The number of ether oxygens (including phenoxy) is 3. The molecule has 9 heteroatoms. The van der Waals surface area contributed by atoms with E-state index in [4.69, 9.17) is 26.4 Å². The van der Waals surface area contributed by atoms with Crippen molar-refractivity contribution in [1.29, 1.82) is 0 Å². The van der Waals surface area contributed by atoms with Crippen LogP contribution in [0.25, 0.3) is 6.08 Å². The van der Waals surface area contributed by atoms with Crippen LogP contribution in [0.15, 0.2) is 71.6 Å². The molecule has 190 valence electrons. The number of carbonyl (C=O) groups excluding carboxylic acids is 2. The van der Waals surface area contributed by atoms with Gasteiger partial charge in [-0.25, -0.2) is 0 Å². The van der Waals surface area contributed by atoms with Crippen molar-refractivity contribution in [3.8, 4) is 17.2 Å². The van der Waals surface area contributed by atoms with Crippen LogP contribution in [0.1, 0.15) is 18.1 Å². The summed E-state index contributed by atoms with van der Waals surface area (Å²) in [7, 11) is 1.58. The molecule has 1 saturated heterocycles. The van der Waals surface area contributed by atoms with Crippen LogP contribution in [0, 0.1) is 6.92 Å². The van der Waals surface area contributed by atoms with Crippen LogP contribution >= 0.6 is 24.0 Å². The second kappa shape index (κ2) is 11.9. The van der Waals surface area contributed by atoms with E-state index in [2.05, 4.69) is 5.32 Å². The lowest BCUT2D eigenvalue weighted by Crippen LogP contribution is -2.28. The normalized spacial score (nSPS) is 14.1. The molecule has 1 heterocycles. The third-order valence-corrected chi connectivity index (χ3v) is 6.75. The molecule has 1 fully saturated rings. The Labute approximate surface area is 225 Å². The first-order chi connectivity index (χ1) is 17.9. The van der Waals surface area contributed by atoms with Gasteiger partial charge in [-0.1, -0.05) is 48.2 Å². The Balaban J connectivity index is 1.46. The van der Waals surface area contributed by atoms with E-state index in [1.165, 1.54) is 11.8 Å². The smallest absolute Gasteiger partial charge is 0.270 e. The molecular weight excluding hydrogens is 508 g/mol. The van der Waals surface area contributed by atoms with Crippen LogP contribution in [0.2, 0.25) is 0 Å². The van der Waals surface area contributed by atoms with Gasteiger partial charge < -0.3 is 19.5 Å². The maximum absolute atomic E-state index is 13.2. The van der Waals surface area contributed by atoms with Crippen LogP contribution in [-0.2, 0) is 9.59 Å². The number of para-hydroxylation sites is 1. The number of hydrogen-bond acceptors (Lipinski definition) is 7. The summed E-state index contributed by atoms with van der Waals surface area (Å²) in [6, 6.07) is 20.0. The van der Waals surface area contributed by atoms with Crippen molar-refractivity contribution < 1.29 is 23.8 Å². The van der Waals surface area contributed by atoms with E-state index in [1.807, 2.05) is 38.1 Å². The van der Waals surface area contributed by atoms with Gasteiger partial charge in [-0.15, -0.1) is 0 Å². The summed E-state index contributed by atoms with van der Waals surface area (Å²) in [6.45, 7) is 4.02. The SMILES string of the molecule is CCOc1cc(/C=C2\SC(=S)N(c3ccccc3C)C2=O)ccc1OCC(=O)Nc1ccc(OC)cc1. The minimum absolute atomic E-state index is 0.169. The predicted molar refractivity (Wildman–Crippen MR) is 152 cm³/mol. The fourth-order valence-corrected chi connectivity index (χ4v) is 4.94. The number of methoxy groups -OCH3 is 1. The Morgan fingerprint density at radius 3 is 2.51 bits per heavy atom. The fraction of sp³-hybridized carbons (Fsp3) is 0.179. The van der Waals surface area contributed by atoms with Crippen molar-refractivity contribution >= 4 is 57.6 Å². The predicted octanol–water partition coefficient (Wildman–Crippen LogP) is 5.83. The molecule has 3 aromatic carbocycles. The first-order valence-electron chi connectivity index (χ1n) is 11.6. The van der Waals surface area contributed by atoms with Crippen LogP contribution < -0.4 is 24.4 Å². The molecule has 2 amide bonds. The zero-order valence-corrected chi connectivity index (χ0v) is 22.3. The summed E-state index contributed by atoms with van der Waals surface area (Å²) in [4.78, 5) is 27.6. The van der Waals surface area contributed by atoms with Crippen molar-refractivity contribution in [2.24, 2.45) is 0 Å². The van der Waals surface area contributed by atoms with Crippen LogP contribution in [0.5, 0.6) is 17.2 Å². The lowest BCUT2D eigenvalue weighted by molar-refractivity contribution is -0.118. The van der Waals surface area contributed by atoms with E-state index in [0.29, 0.717) is 38.8 Å². The van der Waals surface area contributed by atoms with E-state index < -0.39 is 0 Å². The first-order valence-corrected chi connectivity index (χ1v) is 12.8. The van der Waals surface area contributed by atoms with Gasteiger partial charge in [-0.05, 0) is 73.5 Å². The highest BCUT2D eigenvalue weighted by atomic mass is 32.2. The molecule has 4 rings (SSSR count).